The average molecular weight is 347 g/mol. The van der Waals surface area contributed by atoms with Crippen LogP contribution in [0, 0.1) is 5.82 Å². The molecule has 0 saturated heterocycles. The molecule has 0 saturated carbocycles. The average Bonchev–Trinajstić information content (AvgIpc) is 3.07. The monoisotopic (exact) mass is 347 g/mol. The molecule has 1 N–H and O–H groups in total. The minimum atomic E-state index is -0.390. The van der Waals surface area contributed by atoms with E-state index >= 15 is 0 Å². The van der Waals surface area contributed by atoms with Crippen molar-refractivity contribution in [1.29, 1.82) is 0 Å². The topological polar surface area (TPSA) is 41.2 Å². The number of benzene rings is 3. The van der Waals surface area contributed by atoms with E-state index in [1.165, 1.54) is 6.07 Å². The van der Waals surface area contributed by atoms with Gasteiger partial charge in [0.05, 0.1) is 11.2 Å². The van der Waals surface area contributed by atoms with Gasteiger partial charge in [-0.15, -0.1) is 0 Å². The van der Waals surface area contributed by atoms with Gasteiger partial charge in [-0.3, -0.25) is 5.10 Å². The number of fused-ring (bicyclic) bond motifs is 1. The molecule has 4 nitrogen and oxygen atoms in total. The van der Waals surface area contributed by atoms with Crippen molar-refractivity contribution in [2.24, 2.45) is 0 Å². The Labute approximate surface area is 150 Å². The number of anilines is 1. The summed E-state index contributed by atoms with van der Waals surface area (Å²) in [6, 6.07) is 20.2. The van der Waals surface area contributed by atoms with Crippen molar-refractivity contribution < 1.29 is 9.13 Å². The second-order valence-corrected chi connectivity index (χ2v) is 6.25. The van der Waals surface area contributed by atoms with Crippen LogP contribution in [0.25, 0.3) is 22.2 Å². The predicted octanol–water partition coefficient (Wildman–Crippen LogP) is 5.23. The SMILES string of the molecule is CN(C)c1ccc(-c2n[nH]c3cc(Oc4ccccc4F)ccc23)cc1. The molecule has 26 heavy (non-hydrogen) atoms. The van der Waals surface area contributed by atoms with Crippen LogP contribution in [-0.2, 0) is 0 Å². The number of nitrogens with one attached hydrogen (secondary N) is 1. The van der Waals surface area contributed by atoms with Crippen molar-refractivity contribution in [3.8, 4) is 22.8 Å². The van der Waals surface area contributed by atoms with Gasteiger partial charge in [0.15, 0.2) is 11.6 Å². The van der Waals surface area contributed by atoms with Gasteiger partial charge in [-0.2, -0.15) is 5.10 Å². The molecule has 0 radical (unpaired) electrons. The Kier molecular flexibility index (Phi) is 4.05. The molecular formula is C21H18FN3O. The van der Waals surface area contributed by atoms with E-state index in [0.29, 0.717) is 5.75 Å². The van der Waals surface area contributed by atoms with Crippen LogP contribution in [0.5, 0.6) is 11.5 Å². The number of rotatable bonds is 4. The minimum absolute atomic E-state index is 0.200. The summed E-state index contributed by atoms with van der Waals surface area (Å²) in [5, 5.41) is 8.46. The van der Waals surface area contributed by atoms with E-state index in [-0.39, 0.29) is 11.6 Å². The number of hydrogen-bond donors (Lipinski definition) is 1. The zero-order valence-electron chi connectivity index (χ0n) is 14.5. The van der Waals surface area contributed by atoms with Crippen LogP contribution in [0.4, 0.5) is 10.1 Å². The summed E-state index contributed by atoms with van der Waals surface area (Å²) < 4.78 is 19.4. The Bertz CT molecular complexity index is 1050. The third-order valence-electron chi connectivity index (χ3n) is 4.26. The van der Waals surface area contributed by atoms with Crippen LogP contribution in [0.2, 0.25) is 0 Å². The molecule has 4 aromatic rings. The Hall–Kier alpha value is -3.34. The van der Waals surface area contributed by atoms with E-state index < -0.39 is 0 Å². The van der Waals surface area contributed by atoms with Crippen LogP contribution < -0.4 is 9.64 Å². The van der Waals surface area contributed by atoms with Crippen LogP contribution in [0.3, 0.4) is 0 Å². The van der Waals surface area contributed by atoms with Crippen molar-refractivity contribution in [3.05, 3.63) is 72.5 Å². The fraction of sp³-hybridized carbons (Fsp3) is 0.0952. The molecule has 5 heteroatoms. The molecular weight excluding hydrogens is 329 g/mol. The number of ether oxygens (including phenoxy) is 1. The molecule has 0 atom stereocenters. The van der Waals surface area contributed by atoms with Gasteiger partial charge in [0, 0.05) is 36.8 Å². The molecule has 0 spiro atoms. The van der Waals surface area contributed by atoms with E-state index in [4.69, 9.17) is 4.74 Å². The second-order valence-electron chi connectivity index (χ2n) is 6.25. The van der Waals surface area contributed by atoms with Crippen LogP contribution in [-0.4, -0.2) is 24.3 Å². The lowest BCUT2D eigenvalue weighted by Crippen LogP contribution is -2.07. The number of halogens is 1. The summed E-state index contributed by atoms with van der Waals surface area (Å²) in [6.45, 7) is 0. The van der Waals surface area contributed by atoms with Crippen molar-refractivity contribution in [1.82, 2.24) is 10.2 Å². The maximum Gasteiger partial charge on any atom is 0.165 e. The fourth-order valence-electron chi connectivity index (χ4n) is 2.85. The smallest absolute Gasteiger partial charge is 0.165 e. The highest BCUT2D eigenvalue weighted by molar-refractivity contribution is 5.93. The first-order valence-electron chi connectivity index (χ1n) is 8.30. The number of aromatic amines is 1. The molecule has 0 amide bonds. The first-order valence-corrected chi connectivity index (χ1v) is 8.30. The lowest BCUT2D eigenvalue weighted by molar-refractivity contribution is 0.443. The highest BCUT2D eigenvalue weighted by Crippen LogP contribution is 2.31. The van der Waals surface area contributed by atoms with Gasteiger partial charge >= 0.3 is 0 Å². The predicted molar refractivity (Wildman–Crippen MR) is 102 cm³/mol. The number of nitrogens with zero attached hydrogens (tertiary/aromatic N) is 2. The first kappa shape index (κ1) is 16.1. The van der Waals surface area contributed by atoms with Gasteiger partial charge in [-0.25, -0.2) is 4.39 Å². The third-order valence-corrected chi connectivity index (χ3v) is 4.26. The Morgan fingerprint density at radius 3 is 2.46 bits per heavy atom. The van der Waals surface area contributed by atoms with Crippen molar-refractivity contribution in [2.75, 3.05) is 19.0 Å². The Balaban J connectivity index is 1.66. The Morgan fingerprint density at radius 1 is 0.962 bits per heavy atom. The van der Waals surface area contributed by atoms with Gasteiger partial charge < -0.3 is 9.64 Å². The van der Waals surface area contributed by atoms with Gasteiger partial charge in [0.1, 0.15) is 5.75 Å². The quantitative estimate of drug-likeness (QED) is 0.550. The summed E-state index contributed by atoms with van der Waals surface area (Å²) >= 11 is 0. The third kappa shape index (κ3) is 2.99. The molecule has 3 aromatic carbocycles. The number of aromatic nitrogens is 2. The first-order chi connectivity index (χ1) is 12.6. The van der Waals surface area contributed by atoms with E-state index in [1.54, 1.807) is 18.2 Å². The fourth-order valence-corrected chi connectivity index (χ4v) is 2.85. The number of para-hydroxylation sites is 1. The molecule has 1 heterocycles. The molecule has 0 fully saturated rings. The molecule has 0 bridgehead atoms. The Morgan fingerprint density at radius 2 is 1.73 bits per heavy atom. The van der Waals surface area contributed by atoms with E-state index in [0.717, 1.165) is 27.8 Å². The number of H-pyrrole nitrogens is 1. The van der Waals surface area contributed by atoms with Crippen LogP contribution in [0.15, 0.2) is 66.7 Å². The van der Waals surface area contributed by atoms with Crippen molar-refractivity contribution in [3.63, 3.8) is 0 Å². The highest BCUT2D eigenvalue weighted by Gasteiger charge is 2.11. The summed E-state index contributed by atoms with van der Waals surface area (Å²) in [5.74, 6) is 0.366. The van der Waals surface area contributed by atoms with Crippen molar-refractivity contribution >= 4 is 16.6 Å². The molecule has 0 unspecified atom stereocenters. The van der Waals surface area contributed by atoms with Crippen molar-refractivity contribution in [2.45, 2.75) is 0 Å². The summed E-state index contributed by atoms with van der Waals surface area (Å²) in [6.07, 6.45) is 0. The molecule has 1 aromatic heterocycles. The zero-order chi connectivity index (χ0) is 18.1. The van der Waals surface area contributed by atoms with E-state index in [9.17, 15) is 4.39 Å². The lowest BCUT2D eigenvalue weighted by Gasteiger charge is -2.12. The molecule has 0 aliphatic carbocycles. The summed E-state index contributed by atoms with van der Waals surface area (Å²) in [5.41, 5.74) is 3.88. The van der Waals surface area contributed by atoms with E-state index in [1.807, 2.05) is 32.3 Å². The summed E-state index contributed by atoms with van der Waals surface area (Å²) in [7, 11) is 4.02. The van der Waals surface area contributed by atoms with Crippen LogP contribution >= 0.6 is 0 Å². The normalized spacial score (nSPS) is 10.9. The second kappa shape index (κ2) is 6.52. The maximum atomic E-state index is 13.8. The van der Waals surface area contributed by atoms with Gasteiger partial charge in [0.25, 0.3) is 0 Å². The maximum absolute atomic E-state index is 13.8. The standard InChI is InChI=1S/C21H18FN3O/c1-25(2)15-9-7-14(8-10-15)21-17-12-11-16(13-19(17)23-24-21)26-20-6-4-3-5-18(20)22/h3-13H,1-2H3,(H,23,24). The lowest BCUT2D eigenvalue weighted by atomic mass is 10.1. The van der Waals surface area contributed by atoms with Crippen LogP contribution in [0.1, 0.15) is 0 Å². The molecule has 4 rings (SSSR count). The zero-order valence-corrected chi connectivity index (χ0v) is 14.5. The van der Waals surface area contributed by atoms with E-state index in [2.05, 4.69) is 39.4 Å². The highest BCUT2D eigenvalue weighted by atomic mass is 19.1. The largest absolute Gasteiger partial charge is 0.454 e. The van der Waals surface area contributed by atoms with Gasteiger partial charge in [-0.1, -0.05) is 24.3 Å². The molecule has 0 aliphatic heterocycles. The van der Waals surface area contributed by atoms with Gasteiger partial charge in [0.2, 0.25) is 0 Å². The summed E-state index contributed by atoms with van der Waals surface area (Å²) in [4.78, 5) is 2.05. The number of hydrogen-bond acceptors (Lipinski definition) is 3. The minimum Gasteiger partial charge on any atom is -0.454 e. The van der Waals surface area contributed by atoms with Gasteiger partial charge in [-0.05, 0) is 36.4 Å². The molecule has 0 aliphatic rings. The molecule has 130 valence electrons.